The van der Waals surface area contributed by atoms with Gasteiger partial charge in [0.15, 0.2) is 0 Å². The van der Waals surface area contributed by atoms with Gasteiger partial charge in [0.1, 0.15) is 12.7 Å². The molecule has 0 spiro atoms. The van der Waals surface area contributed by atoms with Crippen LogP contribution in [0.5, 0.6) is 0 Å². The number of carbonyl (C=O) groups excluding carboxylic acids is 1. The van der Waals surface area contributed by atoms with Crippen LogP contribution in [-0.4, -0.2) is 43.8 Å². The van der Waals surface area contributed by atoms with Crippen molar-refractivity contribution in [2.45, 2.75) is 12.5 Å². The zero-order valence-electron chi connectivity index (χ0n) is 6.59. The van der Waals surface area contributed by atoms with Crippen LogP contribution in [0.2, 0.25) is 0 Å². The third-order valence-corrected chi connectivity index (χ3v) is 1.07. The molecule has 0 aliphatic carbocycles. The Morgan fingerprint density at radius 1 is 1.67 bits per heavy atom. The summed E-state index contributed by atoms with van der Waals surface area (Å²) in [6, 6.07) is 0. The molecule has 1 unspecified atom stereocenters. The van der Waals surface area contributed by atoms with Gasteiger partial charge in [-0.25, -0.2) is 8.78 Å². The minimum absolute atomic E-state index is 0.198. The highest BCUT2D eigenvalue weighted by Crippen LogP contribution is 1.97. The molecule has 4 nitrogen and oxygen atoms in total. The number of alkyl halides is 2. The van der Waals surface area contributed by atoms with Crippen molar-refractivity contribution in [3.8, 4) is 0 Å². The van der Waals surface area contributed by atoms with E-state index < -0.39 is 25.0 Å². The fourth-order valence-electron chi connectivity index (χ4n) is 0.490. The van der Waals surface area contributed by atoms with Crippen LogP contribution in [0.3, 0.4) is 0 Å². The summed E-state index contributed by atoms with van der Waals surface area (Å²) < 4.78 is 27.7. The fraction of sp³-hybridized carbons (Fsp3) is 0.833. The summed E-state index contributed by atoms with van der Waals surface area (Å²) in [5.74, 6) is -0.530. The summed E-state index contributed by atoms with van der Waals surface area (Å²) in [6.07, 6.45) is -4.65. The largest absolute Gasteiger partial charge is 0.385 e. The van der Waals surface area contributed by atoms with Gasteiger partial charge in [-0.3, -0.25) is 4.79 Å². The molecule has 1 amide bonds. The van der Waals surface area contributed by atoms with Crippen LogP contribution in [0, 0.1) is 0 Å². The molecule has 0 aliphatic rings. The maximum absolute atomic E-state index is 11.6. The van der Waals surface area contributed by atoms with Gasteiger partial charge in [-0.2, -0.15) is 0 Å². The van der Waals surface area contributed by atoms with E-state index in [0.29, 0.717) is 0 Å². The summed E-state index contributed by atoms with van der Waals surface area (Å²) in [7, 11) is 1.31. The molecule has 0 heterocycles. The van der Waals surface area contributed by atoms with Gasteiger partial charge in [0.25, 0.3) is 6.43 Å². The lowest BCUT2D eigenvalue weighted by atomic mass is 10.3. The Hall–Kier alpha value is -0.750. The summed E-state index contributed by atoms with van der Waals surface area (Å²) in [5, 5.41) is 10.6. The molecular formula is C6H11F2NO3. The Morgan fingerprint density at radius 3 is 2.67 bits per heavy atom. The molecule has 0 aromatic heterocycles. The maximum atomic E-state index is 11.6. The number of rotatable bonds is 5. The molecule has 72 valence electrons. The Morgan fingerprint density at radius 2 is 2.25 bits per heavy atom. The van der Waals surface area contributed by atoms with E-state index in [1.165, 1.54) is 7.11 Å². The zero-order chi connectivity index (χ0) is 9.56. The first kappa shape index (κ1) is 11.2. The fourth-order valence-corrected chi connectivity index (χ4v) is 0.490. The standard InChI is InChI=1S/C6H11F2NO3/c1-12-3-5(11)9-2-4(10)6(7)8/h4,6,10H,2-3H2,1H3,(H,9,11). The maximum Gasteiger partial charge on any atom is 0.265 e. The normalized spacial score (nSPS) is 13.1. The average Bonchev–Trinajstić information content (AvgIpc) is 2.00. The smallest absolute Gasteiger partial charge is 0.265 e. The molecule has 0 saturated carbocycles. The average molecular weight is 183 g/mol. The van der Waals surface area contributed by atoms with E-state index in [4.69, 9.17) is 5.11 Å². The highest BCUT2D eigenvalue weighted by molar-refractivity contribution is 5.77. The van der Waals surface area contributed by atoms with E-state index in [1.807, 2.05) is 0 Å². The van der Waals surface area contributed by atoms with Gasteiger partial charge in [0.2, 0.25) is 5.91 Å². The number of nitrogens with one attached hydrogen (secondary N) is 1. The zero-order valence-corrected chi connectivity index (χ0v) is 6.59. The predicted octanol–water partition coefficient (Wildman–Crippen LogP) is -0.625. The van der Waals surface area contributed by atoms with E-state index in [1.54, 1.807) is 0 Å². The van der Waals surface area contributed by atoms with Crippen molar-refractivity contribution >= 4 is 5.91 Å². The number of hydrogen-bond donors (Lipinski definition) is 2. The summed E-state index contributed by atoms with van der Waals surface area (Å²) in [6.45, 7) is -0.657. The Labute approximate surface area is 68.5 Å². The summed E-state index contributed by atoms with van der Waals surface area (Å²) >= 11 is 0. The van der Waals surface area contributed by atoms with Gasteiger partial charge < -0.3 is 15.2 Å². The van der Waals surface area contributed by atoms with E-state index in [-0.39, 0.29) is 6.61 Å². The van der Waals surface area contributed by atoms with Crippen molar-refractivity contribution in [2.75, 3.05) is 20.3 Å². The molecule has 0 rings (SSSR count). The predicted molar refractivity (Wildman–Crippen MR) is 36.9 cm³/mol. The Balaban J connectivity index is 3.47. The monoisotopic (exact) mass is 183 g/mol. The van der Waals surface area contributed by atoms with Crippen molar-refractivity contribution in [3.05, 3.63) is 0 Å². The SMILES string of the molecule is COCC(=O)NCC(O)C(F)F. The number of hydrogen-bond acceptors (Lipinski definition) is 3. The lowest BCUT2D eigenvalue weighted by Crippen LogP contribution is -2.37. The second-order valence-corrected chi connectivity index (χ2v) is 2.14. The van der Waals surface area contributed by atoms with Gasteiger partial charge in [-0.1, -0.05) is 0 Å². The van der Waals surface area contributed by atoms with Gasteiger partial charge in [-0.15, -0.1) is 0 Å². The molecule has 0 aliphatic heterocycles. The minimum Gasteiger partial charge on any atom is -0.385 e. The minimum atomic E-state index is -2.84. The van der Waals surface area contributed by atoms with Crippen molar-refractivity contribution in [1.29, 1.82) is 0 Å². The first-order chi connectivity index (χ1) is 5.57. The molecule has 0 fully saturated rings. The highest BCUT2D eigenvalue weighted by atomic mass is 19.3. The van der Waals surface area contributed by atoms with Gasteiger partial charge in [0.05, 0.1) is 0 Å². The number of carbonyl (C=O) groups is 1. The number of aliphatic hydroxyl groups excluding tert-OH is 1. The van der Waals surface area contributed by atoms with Crippen LogP contribution in [0.1, 0.15) is 0 Å². The summed E-state index contributed by atoms with van der Waals surface area (Å²) in [4.78, 5) is 10.6. The number of ether oxygens (including phenoxy) is 1. The lowest BCUT2D eigenvalue weighted by Gasteiger charge is -2.09. The Kier molecular flexibility index (Phi) is 5.48. The Bertz CT molecular complexity index is 143. The van der Waals surface area contributed by atoms with Gasteiger partial charge in [-0.05, 0) is 0 Å². The first-order valence-corrected chi connectivity index (χ1v) is 3.29. The number of methoxy groups -OCH3 is 1. The lowest BCUT2D eigenvalue weighted by molar-refractivity contribution is -0.125. The van der Waals surface area contributed by atoms with E-state index in [2.05, 4.69) is 10.1 Å². The van der Waals surface area contributed by atoms with Gasteiger partial charge >= 0.3 is 0 Å². The van der Waals surface area contributed by atoms with Crippen molar-refractivity contribution in [2.24, 2.45) is 0 Å². The highest BCUT2D eigenvalue weighted by Gasteiger charge is 2.16. The van der Waals surface area contributed by atoms with Crippen LogP contribution in [0.4, 0.5) is 8.78 Å². The van der Waals surface area contributed by atoms with E-state index >= 15 is 0 Å². The second-order valence-electron chi connectivity index (χ2n) is 2.14. The van der Waals surface area contributed by atoms with Gasteiger partial charge in [0, 0.05) is 13.7 Å². The quantitative estimate of drug-likeness (QED) is 0.597. The molecule has 12 heavy (non-hydrogen) atoms. The van der Waals surface area contributed by atoms with Crippen LogP contribution < -0.4 is 5.32 Å². The molecule has 6 heteroatoms. The third-order valence-electron chi connectivity index (χ3n) is 1.07. The number of aliphatic hydroxyl groups is 1. The molecule has 0 aromatic rings. The molecule has 1 atom stereocenters. The topological polar surface area (TPSA) is 58.6 Å². The molecule has 0 saturated heterocycles. The number of amides is 1. The number of halogens is 2. The first-order valence-electron chi connectivity index (χ1n) is 3.29. The van der Waals surface area contributed by atoms with Crippen LogP contribution >= 0.6 is 0 Å². The van der Waals surface area contributed by atoms with Crippen molar-refractivity contribution in [3.63, 3.8) is 0 Å². The second kappa shape index (κ2) is 5.84. The van der Waals surface area contributed by atoms with Crippen LogP contribution in [-0.2, 0) is 9.53 Å². The molecular weight excluding hydrogens is 172 g/mol. The summed E-state index contributed by atoms with van der Waals surface area (Å²) in [5.41, 5.74) is 0. The third kappa shape index (κ3) is 4.97. The molecule has 0 bridgehead atoms. The van der Waals surface area contributed by atoms with Crippen molar-refractivity contribution < 1.29 is 23.4 Å². The molecule has 2 N–H and O–H groups in total. The molecule has 0 aromatic carbocycles. The molecule has 0 radical (unpaired) electrons. The van der Waals surface area contributed by atoms with E-state index in [0.717, 1.165) is 0 Å². The van der Waals surface area contributed by atoms with Crippen LogP contribution in [0.25, 0.3) is 0 Å². The van der Waals surface area contributed by atoms with Crippen LogP contribution in [0.15, 0.2) is 0 Å². The van der Waals surface area contributed by atoms with E-state index in [9.17, 15) is 13.6 Å². The van der Waals surface area contributed by atoms with Crippen molar-refractivity contribution in [1.82, 2.24) is 5.32 Å².